The average molecular weight is 398 g/mol. The highest BCUT2D eigenvalue weighted by Crippen LogP contribution is 2.40. The number of rotatable bonds is 4. The second-order valence-electron chi connectivity index (χ2n) is 6.79. The summed E-state index contributed by atoms with van der Waals surface area (Å²) in [5, 5.41) is 9.20. The Hall–Kier alpha value is -2.05. The van der Waals surface area contributed by atoms with E-state index in [1.165, 1.54) is 6.07 Å². The maximum absolute atomic E-state index is 13.3. The lowest BCUT2D eigenvalue weighted by Gasteiger charge is -2.32. The fourth-order valence-electron chi connectivity index (χ4n) is 3.71. The van der Waals surface area contributed by atoms with Crippen LogP contribution in [0.25, 0.3) is 0 Å². The molecule has 0 bridgehead atoms. The van der Waals surface area contributed by atoms with Crippen LogP contribution in [0.3, 0.4) is 0 Å². The summed E-state index contributed by atoms with van der Waals surface area (Å²) in [7, 11) is 0. The Kier molecular flexibility index (Phi) is 5.49. The van der Waals surface area contributed by atoms with Crippen molar-refractivity contribution in [1.82, 2.24) is 4.90 Å². The van der Waals surface area contributed by atoms with E-state index >= 15 is 0 Å². The molecule has 0 aromatic heterocycles. The summed E-state index contributed by atoms with van der Waals surface area (Å²) < 4.78 is 40.0. The number of hydrogen-bond acceptors (Lipinski definition) is 2. The van der Waals surface area contributed by atoms with Gasteiger partial charge in [0, 0.05) is 6.54 Å². The number of carboxylic acid groups (broad SMARTS) is 1. The van der Waals surface area contributed by atoms with E-state index in [0.717, 1.165) is 17.2 Å². The second kappa shape index (κ2) is 7.52. The molecule has 27 heavy (non-hydrogen) atoms. The van der Waals surface area contributed by atoms with E-state index in [2.05, 4.69) is 0 Å². The smallest absolute Gasteiger partial charge is 0.417 e. The number of likely N-dealkylation sites (tertiary alicyclic amines) is 1. The molecule has 1 saturated heterocycles. The molecule has 7 heteroatoms. The fraction of sp³-hybridized carbons (Fsp3) is 0.350. The Morgan fingerprint density at radius 3 is 2.56 bits per heavy atom. The second-order valence-corrected chi connectivity index (χ2v) is 7.20. The zero-order chi connectivity index (χ0) is 19.8. The summed E-state index contributed by atoms with van der Waals surface area (Å²) in [5.41, 5.74) is 1.18. The van der Waals surface area contributed by atoms with Crippen LogP contribution in [-0.4, -0.2) is 28.6 Å². The zero-order valence-electron chi connectivity index (χ0n) is 14.6. The Morgan fingerprint density at radius 2 is 1.93 bits per heavy atom. The molecule has 1 aliphatic heterocycles. The maximum atomic E-state index is 13.3. The molecule has 0 aliphatic carbocycles. The number of benzene rings is 2. The van der Waals surface area contributed by atoms with Crippen molar-refractivity contribution >= 4 is 17.6 Å². The fourth-order valence-corrected chi connectivity index (χ4v) is 3.93. The molecule has 0 saturated carbocycles. The Balaban J connectivity index is 2.15. The van der Waals surface area contributed by atoms with Crippen molar-refractivity contribution in [1.29, 1.82) is 0 Å². The SMILES string of the molecule is Cc1cccc(C(c2ccc(Cl)c(C(F)(F)F)c2)N2CCCC2C(=O)O)c1. The number of aryl methyl sites for hydroxylation is 1. The molecule has 0 spiro atoms. The molecular weight excluding hydrogens is 379 g/mol. The van der Waals surface area contributed by atoms with Gasteiger partial charge in [-0.15, -0.1) is 0 Å². The Bertz CT molecular complexity index is 853. The number of carboxylic acids is 1. The van der Waals surface area contributed by atoms with Crippen LogP contribution in [0.15, 0.2) is 42.5 Å². The number of aliphatic carboxylic acids is 1. The van der Waals surface area contributed by atoms with Crippen molar-refractivity contribution in [2.75, 3.05) is 6.54 Å². The number of nitrogens with zero attached hydrogens (tertiary/aromatic N) is 1. The van der Waals surface area contributed by atoms with Gasteiger partial charge in [0.2, 0.25) is 0 Å². The van der Waals surface area contributed by atoms with Crippen molar-refractivity contribution in [3.05, 3.63) is 69.7 Å². The molecule has 1 N–H and O–H groups in total. The average Bonchev–Trinajstić information content (AvgIpc) is 3.05. The largest absolute Gasteiger partial charge is 0.480 e. The van der Waals surface area contributed by atoms with Crippen molar-refractivity contribution in [2.45, 2.75) is 38.0 Å². The lowest BCUT2D eigenvalue weighted by Crippen LogP contribution is -2.39. The monoisotopic (exact) mass is 397 g/mol. The highest BCUT2D eigenvalue weighted by atomic mass is 35.5. The van der Waals surface area contributed by atoms with Gasteiger partial charge in [0.15, 0.2) is 0 Å². The third-order valence-electron chi connectivity index (χ3n) is 4.88. The molecule has 1 fully saturated rings. The van der Waals surface area contributed by atoms with Crippen LogP contribution in [0.1, 0.15) is 41.1 Å². The Morgan fingerprint density at radius 1 is 1.22 bits per heavy atom. The molecule has 144 valence electrons. The first-order valence-corrected chi connectivity index (χ1v) is 8.98. The van der Waals surface area contributed by atoms with Crippen LogP contribution in [0.2, 0.25) is 5.02 Å². The maximum Gasteiger partial charge on any atom is 0.417 e. The van der Waals surface area contributed by atoms with E-state index in [1.54, 1.807) is 11.0 Å². The van der Waals surface area contributed by atoms with E-state index in [1.807, 2.05) is 31.2 Å². The van der Waals surface area contributed by atoms with Gasteiger partial charge in [-0.1, -0.05) is 47.5 Å². The summed E-state index contributed by atoms with van der Waals surface area (Å²) in [6, 6.07) is 9.89. The van der Waals surface area contributed by atoms with E-state index < -0.39 is 29.8 Å². The highest BCUT2D eigenvalue weighted by Gasteiger charge is 2.39. The minimum atomic E-state index is -4.58. The molecule has 1 aliphatic rings. The van der Waals surface area contributed by atoms with Gasteiger partial charge in [-0.3, -0.25) is 9.69 Å². The van der Waals surface area contributed by atoms with Gasteiger partial charge in [-0.25, -0.2) is 0 Å². The molecule has 0 radical (unpaired) electrons. The van der Waals surface area contributed by atoms with E-state index in [9.17, 15) is 23.1 Å². The van der Waals surface area contributed by atoms with Crippen molar-refractivity contribution < 1.29 is 23.1 Å². The summed E-state index contributed by atoms with van der Waals surface area (Å²) in [4.78, 5) is 13.4. The first-order valence-electron chi connectivity index (χ1n) is 8.60. The summed E-state index contributed by atoms with van der Waals surface area (Å²) >= 11 is 5.77. The van der Waals surface area contributed by atoms with Gasteiger partial charge in [-0.05, 0) is 43.0 Å². The van der Waals surface area contributed by atoms with Crippen LogP contribution in [0.5, 0.6) is 0 Å². The highest BCUT2D eigenvalue weighted by molar-refractivity contribution is 6.31. The minimum Gasteiger partial charge on any atom is -0.480 e. The van der Waals surface area contributed by atoms with E-state index in [0.29, 0.717) is 24.9 Å². The van der Waals surface area contributed by atoms with E-state index in [4.69, 9.17) is 11.6 Å². The summed E-state index contributed by atoms with van der Waals surface area (Å²) in [6.45, 7) is 2.39. The standard InChI is InChI=1S/C20H19ClF3NO2/c1-12-4-2-5-13(10-12)18(25-9-3-6-17(25)19(26)27)14-7-8-16(21)15(11-14)20(22,23)24/h2,4-5,7-8,10-11,17-18H,3,6,9H2,1H3,(H,26,27). The predicted octanol–water partition coefficient (Wildman–Crippen LogP) is 5.31. The molecule has 1 heterocycles. The minimum absolute atomic E-state index is 0.370. The molecular formula is C20H19ClF3NO2. The predicted molar refractivity (Wildman–Crippen MR) is 96.8 cm³/mol. The van der Waals surface area contributed by atoms with Gasteiger partial charge in [-0.2, -0.15) is 13.2 Å². The normalized spacial score (nSPS) is 19.2. The van der Waals surface area contributed by atoms with Crippen LogP contribution < -0.4 is 0 Å². The lowest BCUT2D eigenvalue weighted by molar-refractivity contribution is -0.143. The lowest BCUT2D eigenvalue weighted by atomic mass is 9.93. The van der Waals surface area contributed by atoms with Crippen LogP contribution in [-0.2, 0) is 11.0 Å². The molecule has 2 atom stereocenters. The van der Waals surface area contributed by atoms with Gasteiger partial charge in [0.05, 0.1) is 16.6 Å². The number of hydrogen-bond donors (Lipinski definition) is 1. The third kappa shape index (κ3) is 4.12. The topological polar surface area (TPSA) is 40.5 Å². The Labute approximate surface area is 160 Å². The number of alkyl halides is 3. The molecule has 3 rings (SSSR count). The quantitative estimate of drug-likeness (QED) is 0.760. The number of halogens is 4. The first kappa shape index (κ1) is 19.7. The van der Waals surface area contributed by atoms with Gasteiger partial charge in [0.1, 0.15) is 6.04 Å². The van der Waals surface area contributed by atoms with Crippen LogP contribution in [0.4, 0.5) is 13.2 Å². The molecule has 3 nitrogen and oxygen atoms in total. The third-order valence-corrected chi connectivity index (χ3v) is 5.21. The van der Waals surface area contributed by atoms with Gasteiger partial charge >= 0.3 is 12.1 Å². The molecule has 2 aromatic rings. The zero-order valence-corrected chi connectivity index (χ0v) is 15.4. The van der Waals surface area contributed by atoms with Crippen molar-refractivity contribution in [2.24, 2.45) is 0 Å². The summed E-state index contributed by atoms with van der Waals surface area (Å²) in [5.74, 6) is -0.963. The van der Waals surface area contributed by atoms with E-state index in [-0.39, 0.29) is 5.02 Å². The number of carbonyl (C=O) groups is 1. The van der Waals surface area contributed by atoms with Crippen LogP contribution in [0, 0.1) is 6.92 Å². The van der Waals surface area contributed by atoms with Crippen molar-refractivity contribution in [3.8, 4) is 0 Å². The first-order chi connectivity index (χ1) is 12.7. The summed E-state index contributed by atoms with van der Waals surface area (Å²) in [6.07, 6.45) is -3.43. The van der Waals surface area contributed by atoms with Crippen molar-refractivity contribution in [3.63, 3.8) is 0 Å². The van der Waals surface area contributed by atoms with Gasteiger partial charge < -0.3 is 5.11 Å². The van der Waals surface area contributed by atoms with Crippen LogP contribution >= 0.6 is 11.6 Å². The molecule has 0 amide bonds. The van der Waals surface area contributed by atoms with Gasteiger partial charge in [0.25, 0.3) is 0 Å². The molecule has 2 unspecified atom stereocenters. The molecule has 2 aromatic carbocycles.